The second kappa shape index (κ2) is 5.84. The van der Waals surface area contributed by atoms with E-state index in [4.69, 9.17) is 0 Å². The summed E-state index contributed by atoms with van der Waals surface area (Å²) in [5, 5.41) is 0. The predicted molar refractivity (Wildman–Crippen MR) is 78.9 cm³/mol. The SMILES string of the molecule is C[C@H](N=S(=O)(F)c1ccc(Br)cc1)c1ccccc1. The molecule has 0 aliphatic rings. The molecular formula is C14H13BrFNOS. The first kappa shape index (κ1) is 14.2. The average molecular weight is 342 g/mol. The van der Waals surface area contributed by atoms with Gasteiger partial charge in [0.25, 0.3) is 0 Å². The van der Waals surface area contributed by atoms with Gasteiger partial charge in [0.15, 0.2) is 0 Å². The van der Waals surface area contributed by atoms with Crippen molar-refractivity contribution in [1.82, 2.24) is 0 Å². The van der Waals surface area contributed by atoms with Gasteiger partial charge >= 0.3 is 0 Å². The molecule has 5 heteroatoms. The molecule has 0 saturated heterocycles. The highest BCUT2D eigenvalue weighted by molar-refractivity contribution is 9.10. The third-order valence-electron chi connectivity index (χ3n) is 2.68. The maximum Gasteiger partial charge on any atom is 0.231 e. The van der Waals surface area contributed by atoms with Crippen molar-refractivity contribution in [3.63, 3.8) is 0 Å². The Bertz CT molecular complexity index is 664. The molecule has 19 heavy (non-hydrogen) atoms. The van der Waals surface area contributed by atoms with Crippen molar-refractivity contribution in [2.45, 2.75) is 17.9 Å². The van der Waals surface area contributed by atoms with E-state index in [1.54, 1.807) is 19.1 Å². The van der Waals surface area contributed by atoms with E-state index in [0.717, 1.165) is 10.0 Å². The van der Waals surface area contributed by atoms with Crippen molar-refractivity contribution in [1.29, 1.82) is 0 Å². The molecule has 2 aromatic carbocycles. The minimum atomic E-state index is -3.87. The van der Waals surface area contributed by atoms with Gasteiger partial charge in [-0.1, -0.05) is 46.3 Å². The zero-order valence-electron chi connectivity index (χ0n) is 10.3. The van der Waals surface area contributed by atoms with E-state index in [1.807, 2.05) is 30.3 Å². The highest BCUT2D eigenvalue weighted by Gasteiger charge is 2.13. The van der Waals surface area contributed by atoms with Gasteiger partial charge in [-0.15, -0.1) is 3.89 Å². The fraction of sp³-hybridized carbons (Fsp3) is 0.143. The van der Waals surface area contributed by atoms with Crippen LogP contribution >= 0.6 is 15.9 Å². The highest BCUT2D eigenvalue weighted by Crippen LogP contribution is 2.24. The summed E-state index contributed by atoms with van der Waals surface area (Å²) in [7, 11) is -3.87. The molecule has 0 spiro atoms. The summed E-state index contributed by atoms with van der Waals surface area (Å²) in [5.41, 5.74) is 0.838. The molecule has 0 aromatic heterocycles. The van der Waals surface area contributed by atoms with Crippen LogP contribution in [-0.4, -0.2) is 4.21 Å². The monoisotopic (exact) mass is 341 g/mol. The number of hydrogen-bond acceptors (Lipinski definition) is 2. The molecule has 2 nitrogen and oxygen atoms in total. The Hall–Kier alpha value is -1.20. The smallest absolute Gasteiger partial charge is 0.211 e. The Kier molecular flexibility index (Phi) is 4.37. The van der Waals surface area contributed by atoms with Gasteiger partial charge in [0.2, 0.25) is 10.1 Å². The normalized spacial score (nSPS) is 15.5. The maximum atomic E-state index is 14.2. The van der Waals surface area contributed by atoms with Gasteiger partial charge < -0.3 is 0 Å². The lowest BCUT2D eigenvalue weighted by molar-refractivity contribution is 0.629. The standard InChI is InChI=1S/C14H13BrFNOS/c1-11(12-5-3-2-4-6-12)17-19(16,18)14-9-7-13(15)8-10-14/h2-11H,1H3/t11-,19?/m0/s1. The Morgan fingerprint density at radius 1 is 1.11 bits per heavy atom. The molecule has 1 unspecified atom stereocenters. The van der Waals surface area contributed by atoms with Crippen molar-refractivity contribution in [2.24, 2.45) is 4.36 Å². The van der Waals surface area contributed by atoms with Crippen LogP contribution in [0.25, 0.3) is 0 Å². The van der Waals surface area contributed by atoms with Crippen LogP contribution < -0.4 is 0 Å². The Morgan fingerprint density at radius 2 is 1.68 bits per heavy atom. The Morgan fingerprint density at radius 3 is 2.26 bits per heavy atom. The quantitative estimate of drug-likeness (QED) is 0.728. The lowest BCUT2D eigenvalue weighted by Gasteiger charge is -2.08. The van der Waals surface area contributed by atoms with Crippen LogP contribution in [0.3, 0.4) is 0 Å². The lowest BCUT2D eigenvalue weighted by Crippen LogP contribution is -1.97. The van der Waals surface area contributed by atoms with Crippen molar-refractivity contribution < 1.29 is 8.09 Å². The molecule has 0 bridgehead atoms. The van der Waals surface area contributed by atoms with E-state index < -0.39 is 16.2 Å². The summed E-state index contributed by atoms with van der Waals surface area (Å²) in [4.78, 5) is 0.0958. The molecule has 2 rings (SSSR count). The number of benzene rings is 2. The number of hydrogen-bond donors (Lipinski definition) is 0. The summed E-state index contributed by atoms with van der Waals surface area (Å²) in [6.45, 7) is 1.73. The minimum Gasteiger partial charge on any atom is -0.211 e. The van der Waals surface area contributed by atoms with Crippen molar-refractivity contribution >= 4 is 26.0 Å². The summed E-state index contributed by atoms with van der Waals surface area (Å²) in [6, 6.07) is 15.0. The molecule has 0 N–H and O–H groups in total. The second-order valence-corrected chi connectivity index (χ2v) is 6.62. The molecular weight excluding hydrogens is 329 g/mol. The fourth-order valence-electron chi connectivity index (χ4n) is 1.66. The van der Waals surface area contributed by atoms with E-state index in [1.165, 1.54) is 12.1 Å². The Labute approximate surface area is 121 Å². The van der Waals surface area contributed by atoms with Crippen LogP contribution in [-0.2, 0) is 10.1 Å². The zero-order valence-corrected chi connectivity index (χ0v) is 12.7. The molecule has 2 atom stereocenters. The van der Waals surface area contributed by atoms with E-state index in [2.05, 4.69) is 20.3 Å². The molecule has 0 aliphatic carbocycles. The average Bonchev–Trinajstić information content (AvgIpc) is 2.40. The van der Waals surface area contributed by atoms with E-state index >= 15 is 0 Å². The summed E-state index contributed by atoms with van der Waals surface area (Å²) in [5.74, 6) is 0. The third kappa shape index (κ3) is 3.64. The predicted octanol–water partition coefficient (Wildman–Crippen LogP) is 4.92. The van der Waals surface area contributed by atoms with Crippen LogP contribution in [0, 0.1) is 0 Å². The van der Waals surface area contributed by atoms with Gasteiger partial charge in [-0.2, -0.15) is 4.36 Å². The summed E-state index contributed by atoms with van der Waals surface area (Å²) in [6.07, 6.45) is 0. The van der Waals surface area contributed by atoms with Gasteiger partial charge in [0.05, 0.1) is 10.9 Å². The largest absolute Gasteiger partial charge is 0.231 e. The van der Waals surface area contributed by atoms with E-state index in [9.17, 15) is 8.09 Å². The minimum absolute atomic E-state index is 0.0958. The summed E-state index contributed by atoms with van der Waals surface area (Å²) < 4.78 is 30.9. The molecule has 0 aliphatic heterocycles. The summed E-state index contributed by atoms with van der Waals surface area (Å²) >= 11 is 3.25. The van der Waals surface area contributed by atoms with Crippen LogP contribution in [0.15, 0.2) is 68.3 Å². The third-order valence-corrected chi connectivity index (χ3v) is 4.65. The number of nitrogens with zero attached hydrogens (tertiary/aromatic N) is 1. The van der Waals surface area contributed by atoms with Crippen molar-refractivity contribution in [2.75, 3.05) is 0 Å². The van der Waals surface area contributed by atoms with E-state index in [-0.39, 0.29) is 4.90 Å². The fourth-order valence-corrected chi connectivity index (χ4v) is 3.05. The molecule has 0 heterocycles. The number of halogens is 2. The Balaban J connectivity index is 2.36. The molecule has 100 valence electrons. The molecule has 0 amide bonds. The van der Waals surface area contributed by atoms with Crippen LogP contribution in [0.4, 0.5) is 3.89 Å². The zero-order chi connectivity index (χ0) is 13.9. The van der Waals surface area contributed by atoms with Gasteiger partial charge in [-0.3, -0.25) is 0 Å². The van der Waals surface area contributed by atoms with Crippen molar-refractivity contribution in [3.8, 4) is 0 Å². The van der Waals surface area contributed by atoms with Gasteiger partial charge in [0, 0.05) is 4.47 Å². The number of rotatable bonds is 3. The first-order valence-electron chi connectivity index (χ1n) is 5.75. The topological polar surface area (TPSA) is 29.4 Å². The lowest BCUT2D eigenvalue weighted by atomic mass is 10.1. The first-order chi connectivity index (χ1) is 8.99. The van der Waals surface area contributed by atoms with Crippen molar-refractivity contribution in [3.05, 3.63) is 64.6 Å². The second-order valence-electron chi connectivity index (χ2n) is 4.10. The van der Waals surface area contributed by atoms with Gasteiger partial charge in [-0.05, 0) is 36.8 Å². The van der Waals surface area contributed by atoms with Crippen LogP contribution in [0.5, 0.6) is 0 Å². The molecule has 0 saturated carbocycles. The van der Waals surface area contributed by atoms with Crippen LogP contribution in [0.1, 0.15) is 18.5 Å². The van der Waals surface area contributed by atoms with Gasteiger partial charge in [0.1, 0.15) is 0 Å². The molecule has 0 fully saturated rings. The molecule has 0 radical (unpaired) electrons. The maximum absolute atomic E-state index is 14.2. The highest BCUT2D eigenvalue weighted by atomic mass is 79.9. The first-order valence-corrected chi connectivity index (χ1v) is 7.96. The molecule has 2 aromatic rings. The van der Waals surface area contributed by atoms with Crippen LogP contribution in [0.2, 0.25) is 0 Å². The van der Waals surface area contributed by atoms with E-state index in [0.29, 0.717) is 0 Å². The van der Waals surface area contributed by atoms with Gasteiger partial charge in [-0.25, -0.2) is 4.21 Å².